The largest absolute Gasteiger partial charge is 0.473 e. The van der Waals surface area contributed by atoms with Crippen LogP contribution in [-0.4, -0.2) is 22.0 Å². The molecule has 2 aromatic carbocycles. The number of benzene rings is 2. The van der Waals surface area contributed by atoms with Crippen molar-refractivity contribution in [3.05, 3.63) is 90.5 Å². The van der Waals surface area contributed by atoms with Crippen LogP contribution in [0, 0.1) is 31.6 Å². The molecule has 4 aliphatic rings. The van der Waals surface area contributed by atoms with Crippen molar-refractivity contribution in [2.24, 2.45) is 17.8 Å². The minimum Gasteiger partial charge on any atom is -0.473 e. The summed E-state index contributed by atoms with van der Waals surface area (Å²) in [5, 5.41) is 0. The van der Waals surface area contributed by atoms with E-state index >= 15 is 0 Å². The van der Waals surface area contributed by atoms with Crippen molar-refractivity contribution in [1.82, 2.24) is 9.88 Å². The Morgan fingerprint density at radius 3 is 2.26 bits per heavy atom. The Hall–Kier alpha value is -2.65. The zero-order valence-corrected chi connectivity index (χ0v) is 21.0. The Morgan fingerprint density at radius 2 is 1.63 bits per heavy atom. The molecule has 4 fully saturated rings. The van der Waals surface area contributed by atoms with E-state index in [-0.39, 0.29) is 0 Å². The molecule has 4 aliphatic carbocycles. The Labute approximate surface area is 210 Å². The van der Waals surface area contributed by atoms with Crippen molar-refractivity contribution in [3.8, 4) is 17.0 Å². The molecule has 7 rings (SSSR count). The van der Waals surface area contributed by atoms with Crippen molar-refractivity contribution in [2.45, 2.75) is 64.1 Å². The molecule has 3 nitrogen and oxygen atoms in total. The van der Waals surface area contributed by atoms with Crippen LogP contribution in [0.25, 0.3) is 11.1 Å². The summed E-state index contributed by atoms with van der Waals surface area (Å²) in [4.78, 5) is 7.34. The zero-order chi connectivity index (χ0) is 23.8. The third-order valence-corrected chi connectivity index (χ3v) is 9.02. The van der Waals surface area contributed by atoms with E-state index in [1.165, 1.54) is 66.3 Å². The number of ether oxygens (including phenoxy) is 1. The third kappa shape index (κ3) is 4.51. The van der Waals surface area contributed by atoms with Crippen LogP contribution in [0.5, 0.6) is 5.88 Å². The van der Waals surface area contributed by atoms with Gasteiger partial charge in [-0.1, -0.05) is 54.6 Å². The fourth-order valence-electron chi connectivity index (χ4n) is 7.67. The van der Waals surface area contributed by atoms with Crippen molar-refractivity contribution >= 4 is 0 Å². The second-order valence-electron chi connectivity index (χ2n) is 11.3. The van der Waals surface area contributed by atoms with Crippen LogP contribution in [0.1, 0.15) is 55.2 Å². The number of rotatable bonds is 8. The first kappa shape index (κ1) is 22.8. The van der Waals surface area contributed by atoms with Crippen LogP contribution in [-0.2, 0) is 13.2 Å². The minimum absolute atomic E-state index is 0.382. The van der Waals surface area contributed by atoms with E-state index in [4.69, 9.17) is 4.74 Å². The van der Waals surface area contributed by atoms with Gasteiger partial charge in [0.1, 0.15) is 6.61 Å². The van der Waals surface area contributed by atoms with Crippen molar-refractivity contribution in [2.75, 3.05) is 6.54 Å². The van der Waals surface area contributed by atoms with Crippen LogP contribution in [0.4, 0.5) is 0 Å². The number of hydrogen-bond donors (Lipinski definition) is 0. The first-order valence-electron chi connectivity index (χ1n) is 13.4. The van der Waals surface area contributed by atoms with Gasteiger partial charge in [0.05, 0.1) is 0 Å². The van der Waals surface area contributed by atoms with Gasteiger partial charge < -0.3 is 4.74 Å². The first-order valence-corrected chi connectivity index (χ1v) is 13.4. The molecular weight excluding hydrogens is 428 g/mol. The summed E-state index contributed by atoms with van der Waals surface area (Å²) in [7, 11) is 0. The number of hydrogen-bond acceptors (Lipinski definition) is 3. The molecule has 1 heterocycles. The Kier molecular flexibility index (Phi) is 6.14. The SMILES string of the molecule is [CH2]CN(Cc1ccc(OCc2cccc(-c3ccccc3)c2C)nc1)C12CC3CC(CC(C3)C1)C2. The molecule has 0 atom stereocenters. The van der Waals surface area contributed by atoms with Crippen molar-refractivity contribution in [3.63, 3.8) is 0 Å². The maximum atomic E-state index is 6.11. The molecule has 4 bridgehead atoms. The molecule has 1 radical (unpaired) electrons. The monoisotopic (exact) mass is 465 g/mol. The minimum atomic E-state index is 0.382. The van der Waals surface area contributed by atoms with E-state index in [0.717, 1.165) is 30.8 Å². The van der Waals surface area contributed by atoms with Gasteiger partial charge in [-0.25, -0.2) is 4.98 Å². The molecule has 4 saturated carbocycles. The standard InChI is InChI=1S/C32H37N2O/c1-3-34(32-17-25-14-26(18-32)16-27(15-25)19-32)21-24-12-13-31(33-20-24)35-22-29-10-7-11-30(23(29)2)28-8-5-4-6-9-28/h4-13,20,25-27H,1,3,14-19,21-22H2,2H3. The molecule has 0 amide bonds. The highest BCUT2D eigenvalue weighted by Crippen LogP contribution is 2.58. The summed E-state index contributed by atoms with van der Waals surface area (Å²) in [6.07, 6.45) is 10.6. The smallest absolute Gasteiger partial charge is 0.213 e. The highest BCUT2D eigenvalue weighted by Gasteiger charge is 2.53. The Bertz CT molecular complexity index is 1120. The van der Waals surface area contributed by atoms with E-state index in [9.17, 15) is 0 Å². The molecule has 0 spiro atoms. The lowest BCUT2D eigenvalue weighted by Gasteiger charge is -2.60. The van der Waals surface area contributed by atoms with E-state index in [0.29, 0.717) is 18.0 Å². The van der Waals surface area contributed by atoms with Gasteiger partial charge >= 0.3 is 0 Å². The molecule has 1 aromatic heterocycles. The van der Waals surface area contributed by atoms with Gasteiger partial charge in [-0.3, -0.25) is 4.90 Å². The summed E-state index contributed by atoms with van der Waals surface area (Å²) in [5.74, 6) is 3.54. The van der Waals surface area contributed by atoms with Gasteiger partial charge in [0.15, 0.2) is 0 Å². The maximum Gasteiger partial charge on any atom is 0.213 e. The second kappa shape index (κ2) is 9.43. The number of aromatic nitrogens is 1. The molecule has 0 unspecified atom stereocenters. The molecule has 0 N–H and O–H groups in total. The topological polar surface area (TPSA) is 25.4 Å². The Morgan fingerprint density at radius 1 is 0.914 bits per heavy atom. The van der Waals surface area contributed by atoms with Crippen LogP contribution >= 0.6 is 0 Å². The molecular formula is C32H37N2O. The normalized spacial score (nSPS) is 26.9. The zero-order valence-electron chi connectivity index (χ0n) is 21.0. The number of pyridine rings is 1. The third-order valence-electron chi connectivity index (χ3n) is 9.02. The summed E-state index contributed by atoms with van der Waals surface area (Å²) < 4.78 is 6.11. The lowest BCUT2D eigenvalue weighted by Crippen LogP contribution is -2.59. The van der Waals surface area contributed by atoms with E-state index in [1.807, 2.05) is 12.3 Å². The van der Waals surface area contributed by atoms with Gasteiger partial charge in [0.2, 0.25) is 5.88 Å². The predicted molar refractivity (Wildman–Crippen MR) is 142 cm³/mol. The highest BCUT2D eigenvalue weighted by molar-refractivity contribution is 5.68. The lowest BCUT2D eigenvalue weighted by molar-refractivity contribution is -0.0884. The van der Waals surface area contributed by atoms with Gasteiger partial charge in [-0.15, -0.1) is 0 Å². The summed E-state index contributed by atoms with van der Waals surface area (Å²) in [6, 6.07) is 21.2. The molecule has 0 aliphatic heterocycles. The number of nitrogens with zero attached hydrogens (tertiary/aromatic N) is 2. The summed E-state index contributed by atoms with van der Waals surface area (Å²) >= 11 is 0. The van der Waals surface area contributed by atoms with Crippen LogP contribution in [0.3, 0.4) is 0 Å². The average molecular weight is 466 g/mol. The maximum absolute atomic E-state index is 6.11. The molecule has 35 heavy (non-hydrogen) atoms. The van der Waals surface area contributed by atoms with E-state index < -0.39 is 0 Å². The fraction of sp³-hybridized carbons (Fsp3) is 0.438. The van der Waals surface area contributed by atoms with Gasteiger partial charge in [-0.2, -0.15) is 0 Å². The molecule has 0 saturated heterocycles. The lowest BCUT2D eigenvalue weighted by atomic mass is 9.52. The summed E-state index contributed by atoms with van der Waals surface area (Å²) in [6.45, 7) is 8.86. The highest BCUT2D eigenvalue weighted by atomic mass is 16.5. The average Bonchev–Trinajstić information content (AvgIpc) is 2.87. The van der Waals surface area contributed by atoms with Crippen molar-refractivity contribution < 1.29 is 4.74 Å². The van der Waals surface area contributed by atoms with Crippen LogP contribution in [0.2, 0.25) is 0 Å². The summed E-state index contributed by atoms with van der Waals surface area (Å²) in [5.41, 5.74) is 6.60. The van der Waals surface area contributed by atoms with Gasteiger partial charge in [0, 0.05) is 24.3 Å². The Balaban J connectivity index is 1.11. The van der Waals surface area contributed by atoms with Crippen LogP contribution in [0.15, 0.2) is 66.9 Å². The van der Waals surface area contributed by atoms with Gasteiger partial charge in [-0.05, 0) is 104 Å². The fourth-order valence-corrected chi connectivity index (χ4v) is 7.67. The van der Waals surface area contributed by atoms with Crippen molar-refractivity contribution in [1.29, 1.82) is 0 Å². The van der Waals surface area contributed by atoms with E-state index in [2.05, 4.69) is 78.3 Å². The first-order chi connectivity index (χ1) is 17.1. The molecule has 181 valence electrons. The van der Waals surface area contributed by atoms with E-state index in [1.54, 1.807) is 0 Å². The van der Waals surface area contributed by atoms with Crippen LogP contribution < -0.4 is 4.74 Å². The molecule has 3 heteroatoms. The predicted octanol–water partition coefficient (Wildman–Crippen LogP) is 7.24. The quantitative estimate of drug-likeness (QED) is 0.351. The second-order valence-corrected chi connectivity index (χ2v) is 11.3. The van der Waals surface area contributed by atoms with Gasteiger partial charge in [0.25, 0.3) is 0 Å². The molecule has 3 aromatic rings.